The molecule has 5 amide bonds. The van der Waals surface area contributed by atoms with Crippen molar-refractivity contribution in [1.29, 1.82) is 0 Å². The first-order valence-electron chi connectivity index (χ1n) is 18.5. The summed E-state index contributed by atoms with van der Waals surface area (Å²) in [5.74, 6) is -3.07. The molecule has 13 nitrogen and oxygen atoms in total. The largest absolute Gasteiger partial charge is 0.467 e. The molecule has 1 heterocycles. The number of nitrogens with one attached hydrogen (secondary N) is 5. The average Bonchev–Trinajstić information content (AvgIpc) is 3.15. The van der Waals surface area contributed by atoms with E-state index in [0.29, 0.717) is 50.8 Å². The second kappa shape index (κ2) is 22.2. The van der Waals surface area contributed by atoms with Crippen LogP contribution in [-0.4, -0.2) is 79.9 Å². The van der Waals surface area contributed by atoms with Crippen molar-refractivity contribution in [1.82, 2.24) is 26.6 Å². The van der Waals surface area contributed by atoms with Gasteiger partial charge in [-0.2, -0.15) is 0 Å². The summed E-state index contributed by atoms with van der Waals surface area (Å²) in [6, 6.07) is 11.5. The SMILES string of the molecule is CCCCc1ccc(-c2ccc(C(=O)N[C@@H](CCCCN)C(=O)N[C@H]3CCCC(=O)NCCCC[C@@H](C(=O)OC)NC(=O)[C@H](C)NC3=O)cc2)cc1. The van der Waals surface area contributed by atoms with E-state index >= 15 is 0 Å². The minimum Gasteiger partial charge on any atom is -0.467 e. The quantitative estimate of drug-likeness (QED) is 0.134. The number of rotatable bonds is 13. The molecule has 7 N–H and O–H groups in total. The van der Waals surface area contributed by atoms with Crippen molar-refractivity contribution in [3.8, 4) is 11.1 Å². The minimum atomic E-state index is -1.11. The van der Waals surface area contributed by atoms with Gasteiger partial charge in [-0.1, -0.05) is 49.7 Å². The zero-order valence-electron chi connectivity index (χ0n) is 30.8. The Hall–Kier alpha value is -4.78. The lowest BCUT2D eigenvalue weighted by Crippen LogP contribution is -2.57. The zero-order valence-corrected chi connectivity index (χ0v) is 30.8. The standard InChI is InChI=1S/C39H56N6O7/c1-4-5-11-27-16-18-28(19-17-27)29-20-22-30(23-21-29)36(48)43-31(12-6-8-24-40)38(50)44-32-14-10-15-34(46)41-25-9-7-13-33(39(51)52-3)45-35(47)26(2)42-37(32)49/h16-23,26,31-33H,4-15,24-25,40H2,1-3H3,(H,41,46)(H,42,49)(H,43,48)(H,44,50)(H,45,47)/t26-,31-,32-,33-/m0/s1. The molecular formula is C39H56N6O7. The number of methoxy groups -OCH3 is 1. The van der Waals surface area contributed by atoms with Gasteiger partial charge in [-0.05, 0) is 106 Å². The summed E-state index contributed by atoms with van der Waals surface area (Å²) >= 11 is 0. The van der Waals surface area contributed by atoms with Crippen LogP contribution in [0.4, 0.5) is 0 Å². The average molecular weight is 721 g/mol. The molecule has 0 saturated carbocycles. The fraction of sp³-hybridized carbons (Fsp3) is 0.538. The van der Waals surface area contributed by atoms with E-state index in [9.17, 15) is 28.8 Å². The Labute approximate surface area is 307 Å². The maximum atomic E-state index is 13.7. The predicted molar refractivity (Wildman–Crippen MR) is 199 cm³/mol. The van der Waals surface area contributed by atoms with E-state index in [0.717, 1.165) is 30.4 Å². The molecule has 2 aromatic rings. The maximum absolute atomic E-state index is 13.7. The first-order chi connectivity index (χ1) is 25.1. The van der Waals surface area contributed by atoms with Gasteiger partial charge in [-0.25, -0.2) is 4.79 Å². The Morgan fingerprint density at radius 3 is 2.23 bits per heavy atom. The number of hydrogen-bond acceptors (Lipinski definition) is 8. The van der Waals surface area contributed by atoms with Crippen molar-refractivity contribution in [3.63, 3.8) is 0 Å². The minimum absolute atomic E-state index is 0.106. The lowest BCUT2D eigenvalue weighted by Gasteiger charge is -2.25. The van der Waals surface area contributed by atoms with E-state index in [4.69, 9.17) is 10.5 Å². The Balaban J connectivity index is 1.74. The van der Waals surface area contributed by atoms with Gasteiger partial charge >= 0.3 is 5.97 Å². The van der Waals surface area contributed by atoms with Crippen molar-refractivity contribution < 1.29 is 33.5 Å². The number of ether oxygens (including phenoxy) is 1. The summed E-state index contributed by atoms with van der Waals surface area (Å²) < 4.78 is 4.83. The second-order valence-corrected chi connectivity index (χ2v) is 13.3. The summed E-state index contributed by atoms with van der Waals surface area (Å²) in [6.07, 6.45) is 6.72. The van der Waals surface area contributed by atoms with Crippen LogP contribution in [0.1, 0.15) is 100 Å². The normalized spacial score (nSPS) is 19.7. The Kier molecular flexibility index (Phi) is 17.8. The van der Waals surface area contributed by atoms with Gasteiger partial charge in [0.25, 0.3) is 5.91 Å². The summed E-state index contributed by atoms with van der Waals surface area (Å²) in [7, 11) is 1.22. The van der Waals surface area contributed by atoms with Crippen LogP contribution in [0.3, 0.4) is 0 Å². The van der Waals surface area contributed by atoms with Gasteiger partial charge in [-0.15, -0.1) is 0 Å². The highest BCUT2D eigenvalue weighted by atomic mass is 16.5. The van der Waals surface area contributed by atoms with Crippen molar-refractivity contribution >= 4 is 35.5 Å². The van der Waals surface area contributed by atoms with Gasteiger partial charge in [0.15, 0.2) is 0 Å². The van der Waals surface area contributed by atoms with Gasteiger partial charge in [0.1, 0.15) is 24.2 Å². The van der Waals surface area contributed by atoms with Crippen LogP contribution in [0.5, 0.6) is 0 Å². The smallest absolute Gasteiger partial charge is 0.328 e. The topological polar surface area (TPSA) is 198 Å². The number of esters is 1. The molecule has 0 radical (unpaired) electrons. The van der Waals surface area contributed by atoms with E-state index in [2.05, 4.69) is 57.8 Å². The molecule has 1 saturated heterocycles. The molecule has 4 atom stereocenters. The van der Waals surface area contributed by atoms with E-state index in [1.165, 1.54) is 19.6 Å². The number of carbonyl (C=O) groups excluding carboxylic acids is 6. The number of benzene rings is 2. The van der Waals surface area contributed by atoms with Crippen LogP contribution in [0.15, 0.2) is 48.5 Å². The lowest BCUT2D eigenvalue weighted by molar-refractivity contribution is -0.145. The third-order valence-electron chi connectivity index (χ3n) is 9.15. The van der Waals surface area contributed by atoms with Crippen molar-refractivity contribution in [2.75, 3.05) is 20.2 Å². The van der Waals surface area contributed by atoms with E-state index in [1.807, 2.05) is 12.1 Å². The summed E-state index contributed by atoms with van der Waals surface area (Å²) in [4.78, 5) is 78.4. The van der Waals surface area contributed by atoms with Crippen LogP contribution in [0, 0.1) is 0 Å². The van der Waals surface area contributed by atoms with Crippen LogP contribution >= 0.6 is 0 Å². The molecule has 13 heteroatoms. The van der Waals surface area contributed by atoms with Gasteiger partial charge in [0, 0.05) is 18.5 Å². The number of aryl methyl sites for hydroxylation is 1. The number of unbranched alkanes of at least 4 members (excludes halogenated alkanes) is 2. The van der Waals surface area contributed by atoms with E-state index in [-0.39, 0.29) is 31.6 Å². The molecule has 1 fully saturated rings. The molecule has 0 bridgehead atoms. The fourth-order valence-corrected chi connectivity index (χ4v) is 5.93. The van der Waals surface area contributed by atoms with Crippen molar-refractivity contribution in [2.45, 2.75) is 115 Å². The molecule has 0 unspecified atom stereocenters. The highest BCUT2D eigenvalue weighted by Gasteiger charge is 2.30. The Bertz CT molecular complexity index is 1480. The zero-order chi connectivity index (χ0) is 37.9. The molecule has 1 aliphatic rings. The molecule has 0 spiro atoms. The van der Waals surface area contributed by atoms with Gasteiger partial charge in [0.2, 0.25) is 23.6 Å². The third kappa shape index (κ3) is 13.7. The molecule has 1 aliphatic heterocycles. The molecule has 284 valence electrons. The van der Waals surface area contributed by atoms with Gasteiger partial charge in [-0.3, -0.25) is 24.0 Å². The number of amides is 5. The Morgan fingerprint density at radius 1 is 0.885 bits per heavy atom. The highest BCUT2D eigenvalue weighted by molar-refractivity contribution is 5.99. The third-order valence-corrected chi connectivity index (χ3v) is 9.15. The summed E-state index contributed by atoms with van der Waals surface area (Å²) in [5.41, 5.74) is 9.35. The van der Waals surface area contributed by atoms with Gasteiger partial charge < -0.3 is 37.1 Å². The number of hydrogen-bond donors (Lipinski definition) is 6. The highest BCUT2D eigenvalue weighted by Crippen LogP contribution is 2.21. The van der Waals surface area contributed by atoms with E-state index < -0.39 is 53.8 Å². The lowest BCUT2D eigenvalue weighted by atomic mass is 10.0. The monoisotopic (exact) mass is 720 g/mol. The van der Waals surface area contributed by atoms with Crippen molar-refractivity contribution in [2.24, 2.45) is 5.73 Å². The number of nitrogens with two attached hydrogens (primary N) is 1. The Morgan fingerprint density at radius 2 is 1.58 bits per heavy atom. The molecule has 0 aliphatic carbocycles. The first kappa shape index (κ1) is 41.6. The summed E-state index contributed by atoms with van der Waals surface area (Å²) in [5, 5.41) is 13.7. The molecule has 0 aromatic heterocycles. The first-order valence-corrected chi connectivity index (χ1v) is 18.5. The van der Waals surface area contributed by atoms with Crippen LogP contribution in [0.25, 0.3) is 11.1 Å². The van der Waals surface area contributed by atoms with E-state index in [1.54, 1.807) is 12.1 Å². The van der Waals surface area contributed by atoms with Gasteiger partial charge in [0.05, 0.1) is 7.11 Å². The van der Waals surface area contributed by atoms with Crippen LogP contribution in [-0.2, 0) is 35.1 Å². The number of carbonyl (C=O) groups is 6. The second-order valence-electron chi connectivity index (χ2n) is 13.3. The van der Waals surface area contributed by atoms with Crippen LogP contribution < -0.4 is 32.3 Å². The molecule has 3 rings (SSSR count). The maximum Gasteiger partial charge on any atom is 0.328 e. The molecule has 52 heavy (non-hydrogen) atoms. The molecular weight excluding hydrogens is 664 g/mol. The van der Waals surface area contributed by atoms with Crippen LogP contribution in [0.2, 0.25) is 0 Å². The predicted octanol–water partition coefficient (Wildman–Crippen LogP) is 3.04. The van der Waals surface area contributed by atoms with Crippen molar-refractivity contribution in [3.05, 3.63) is 59.7 Å². The molecule has 2 aromatic carbocycles. The summed E-state index contributed by atoms with van der Waals surface area (Å²) in [6.45, 7) is 4.44. The fourth-order valence-electron chi connectivity index (χ4n) is 5.93.